The van der Waals surface area contributed by atoms with Gasteiger partial charge in [-0.15, -0.1) is 0 Å². The molecule has 2 aromatic rings. The summed E-state index contributed by atoms with van der Waals surface area (Å²) in [6, 6.07) is 12.8. The maximum absolute atomic E-state index is 5.34. The molecule has 0 fully saturated rings. The highest BCUT2D eigenvalue weighted by atomic mass is 16.3. The largest absolute Gasteiger partial charge is 0.469 e. The molecular formula is C19H28N2O. The van der Waals surface area contributed by atoms with Crippen molar-refractivity contribution in [3.05, 3.63) is 48.4 Å². The molecule has 120 valence electrons. The van der Waals surface area contributed by atoms with E-state index in [2.05, 4.69) is 48.3 Å². The molecule has 3 nitrogen and oxygen atoms in total. The summed E-state index contributed by atoms with van der Waals surface area (Å²) in [6.45, 7) is 7.69. The zero-order valence-corrected chi connectivity index (χ0v) is 13.8. The van der Waals surface area contributed by atoms with Crippen molar-refractivity contribution in [1.82, 2.24) is 0 Å². The second-order valence-electron chi connectivity index (χ2n) is 5.64. The zero-order valence-electron chi connectivity index (χ0n) is 13.8. The van der Waals surface area contributed by atoms with Crippen molar-refractivity contribution in [2.45, 2.75) is 39.5 Å². The van der Waals surface area contributed by atoms with Gasteiger partial charge in [0.15, 0.2) is 0 Å². The molecular weight excluding hydrogens is 272 g/mol. The number of benzene rings is 1. The third-order valence-corrected chi connectivity index (χ3v) is 3.73. The zero-order chi connectivity index (χ0) is 15.6. The summed E-state index contributed by atoms with van der Waals surface area (Å²) >= 11 is 0. The first-order valence-electron chi connectivity index (χ1n) is 8.44. The average molecular weight is 300 g/mol. The molecule has 1 heterocycles. The molecule has 1 aromatic heterocycles. The lowest BCUT2D eigenvalue weighted by Gasteiger charge is -2.24. The summed E-state index contributed by atoms with van der Waals surface area (Å²) in [6.07, 6.45) is 6.17. The maximum atomic E-state index is 5.34. The fourth-order valence-electron chi connectivity index (χ4n) is 2.65. The van der Waals surface area contributed by atoms with E-state index in [0.29, 0.717) is 0 Å². The molecule has 0 aliphatic carbocycles. The van der Waals surface area contributed by atoms with Crippen molar-refractivity contribution in [3.8, 4) is 0 Å². The Hall–Kier alpha value is -1.90. The van der Waals surface area contributed by atoms with E-state index in [1.807, 2.05) is 12.1 Å². The van der Waals surface area contributed by atoms with Crippen molar-refractivity contribution in [1.29, 1.82) is 0 Å². The minimum atomic E-state index is 0.966. The van der Waals surface area contributed by atoms with Gasteiger partial charge < -0.3 is 14.6 Å². The Morgan fingerprint density at radius 2 is 1.73 bits per heavy atom. The molecule has 3 heteroatoms. The van der Waals surface area contributed by atoms with E-state index in [1.54, 1.807) is 6.26 Å². The molecule has 0 bridgehead atoms. The van der Waals surface area contributed by atoms with Crippen LogP contribution in [0.4, 0.5) is 11.4 Å². The predicted octanol–water partition coefficient (Wildman–Crippen LogP) is 4.95. The van der Waals surface area contributed by atoms with Crippen LogP contribution < -0.4 is 10.2 Å². The Labute approximate surface area is 134 Å². The van der Waals surface area contributed by atoms with Gasteiger partial charge in [-0.1, -0.05) is 13.8 Å². The van der Waals surface area contributed by atoms with Crippen molar-refractivity contribution in [2.24, 2.45) is 0 Å². The van der Waals surface area contributed by atoms with E-state index in [0.717, 1.165) is 38.2 Å². The predicted molar refractivity (Wildman–Crippen MR) is 94.8 cm³/mol. The Kier molecular flexibility index (Phi) is 6.88. The molecule has 0 aliphatic rings. The van der Waals surface area contributed by atoms with Crippen LogP contribution in [-0.4, -0.2) is 19.6 Å². The van der Waals surface area contributed by atoms with Gasteiger partial charge in [-0.25, -0.2) is 0 Å². The number of furan rings is 1. The summed E-state index contributed by atoms with van der Waals surface area (Å²) in [4.78, 5) is 2.46. The number of hydrogen-bond acceptors (Lipinski definition) is 3. The molecule has 1 aromatic carbocycles. The van der Waals surface area contributed by atoms with E-state index >= 15 is 0 Å². The number of nitrogens with one attached hydrogen (secondary N) is 1. The number of aryl methyl sites for hydroxylation is 1. The number of nitrogens with zero attached hydrogens (tertiary/aromatic N) is 1. The quantitative estimate of drug-likeness (QED) is 0.629. The normalized spacial score (nSPS) is 10.6. The second-order valence-corrected chi connectivity index (χ2v) is 5.64. The molecule has 0 amide bonds. The Balaban J connectivity index is 1.78. The maximum Gasteiger partial charge on any atom is 0.103 e. The lowest BCUT2D eigenvalue weighted by atomic mass is 10.2. The number of hydrogen-bond donors (Lipinski definition) is 1. The van der Waals surface area contributed by atoms with Crippen LogP contribution >= 0.6 is 0 Å². The molecule has 2 rings (SSSR count). The first-order chi connectivity index (χ1) is 10.8. The highest BCUT2D eigenvalue weighted by Crippen LogP contribution is 2.18. The molecule has 0 unspecified atom stereocenters. The van der Waals surface area contributed by atoms with Gasteiger partial charge in [0.25, 0.3) is 0 Å². The molecule has 22 heavy (non-hydrogen) atoms. The SMILES string of the molecule is CCCN(CCC)c1ccc(NCCCc2ccco2)cc1. The average Bonchev–Trinajstić information content (AvgIpc) is 3.05. The summed E-state index contributed by atoms with van der Waals surface area (Å²) in [7, 11) is 0. The molecule has 0 saturated heterocycles. The van der Waals surface area contributed by atoms with Crippen LogP contribution in [0.1, 0.15) is 38.9 Å². The van der Waals surface area contributed by atoms with Crippen LogP contribution in [0.2, 0.25) is 0 Å². The highest BCUT2D eigenvalue weighted by molar-refractivity contribution is 5.55. The van der Waals surface area contributed by atoms with Crippen molar-refractivity contribution in [3.63, 3.8) is 0 Å². The Morgan fingerprint density at radius 1 is 1.00 bits per heavy atom. The van der Waals surface area contributed by atoms with Gasteiger partial charge in [0.05, 0.1) is 6.26 Å². The Bertz CT molecular complexity index is 499. The third-order valence-electron chi connectivity index (χ3n) is 3.73. The molecule has 0 saturated carbocycles. The summed E-state index contributed by atoms with van der Waals surface area (Å²) < 4.78 is 5.34. The van der Waals surface area contributed by atoms with Gasteiger partial charge in [0.2, 0.25) is 0 Å². The fourth-order valence-corrected chi connectivity index (χ4v) is 2.65. The van der Waals surface area contributed by atoms with Crippen LogP contribution in [0, 0.1) is 0 Å². The summed E-state index contributed by atoms with van der Waals surface area (Å²) in [5.74, 6) is 1.06. The Morgan fingerprint density at radius 3 is 2.32 bits per heavy atom. The summed E-state index contributed by atoms with van der Waals surface area (Å²) in [5, 5.41) is 3.48. The molecule has 1 N–H and O–H groups in total. The molecule has 0 atom stereocenters. The van der Waals surface area contributed by atoms with Crippen LogP contribution in [0.3, 0.4) is 0 Å². The van der Waals surface area contributed by atoms with Crippen LogP contribution in [0.5, 0.6) is 0 Å². The summed E-state index contributed by atoms with van der Waals surface area (Å²) in [5.41, 5.74) is 2.51. The van der Waals surface area contributed by atoms with Gasteiger partial charge >= 0.3 is 0 Å². The van der Waals surface area contributed by atoms with Crippen molar-refractivity contribution < 1.29 is 4.42 Å². The van der Waals surface area contributed by atoms with E-state index in [-0.39, 0.29) is 0 Å². The molecule has 0 radical (unpaired) electrons. The monoisotopic (exact) mass is 300 g/mol. The lowest BCUT2D eigenvalue weighted by Crippen LogP contribution is -2.24. The van der Waals surface area contributed by atoms with Gasteiger partial charge in [-0.2, -0.15) is 0 Å². The van der Waals surface area contributed by atoms with Gasteiger partial charge in [0.1, 0.15) is 5.76 Å². The van der Waals surface area contributed by atoms with E-state index in [4.69, 9.17) is 4.42 Å². The molecule has 0 aliphatic heterocycles. The molecule has 0 spiro atoms. The standard InChI is InChI=1S/C19H28N2O/c1-3-14-21(15-4-2)18-11-9-17(10-12-18)20-13-5-7-19-8-6-16-22-19/h6,8-12,16,20H,3-5,7,13-15H2,1-2H3. The van der Waals surface area contributed by atoms with Gasteiger partial charge in [-0.05, 0) is 55.7 Å². The van der Waals surface area contributed by atoms with Crippen LogP contribution in [0.25, 0.3) is 0 Å². The topological polar surface area (TPSA) is 28.4 Å². The van der Waals surface area contributed by atoms with Crippen molar-refractivity contribution in [2.75, 3.05) is 29.9 Å². The van der Waals surface area contributed by atoms with Gasteiger partial charge in [0, 0.05) is 37.4 Å². The smallest absolute Gasteiger partial charge is 0.103 e. The van der Waals surface area contributed by atoms with E-state index in [9.17, 15) is 0 Å². The minimum absolute atomic E-state index is 0.966. The van der Waals surface area contributed by atoms with Crippen LogP contribution in [-0.2, 0) is 6.42 Å². The lowest BCUT2D eigenvalue weighted by molar-refractivity contribution is 0.504. The van der Waals surface area contributed by atoms with E-state index in [1.165, 1.54) is 24.2 Å². The van der Waals surface area contributed by atoms with Crippen LogP contribution in [0.15, 0.2) is 47.1 Å². The van der Waals surface area contributed by atoms with Crippen molar-refractivity contribution >= 4 is 11.4 Å². The highest BCUT2D eigenvalue weighted by Gasteiger charge is 2.04. The third kappa shape index (κ3) is 5.14. The second kappa shape index (κ2) is 9.19. The van der Waals surface area contributed by atoms with Gasteiger partial charge in [-0.3, -0.25) is 0 Å². The fraction of sp³-hybridized carbons (Fsp3) is 0.474. The number of anilines is 2. The first kappa shape index (κ1) is 16.5. The number of rotatable bonds is 10. The first-order valence-corrected chi connectivity index (χ1v) is 8.44. The van der Waals surface area contributed by atoms with E-state index < -0.39 is 0 Å². The minimum Gasteiger partial charge on any atom is -0.469 e.